The van der Waals surface area contributed by atoms with E-state index in [0.29, 0.717) is 5.92 Å². The second kappa shape index (κ2) is 7.17. The second-order valence-corrected chi connectivity index (χ2v) is 7.05. The molecule has 2 amide bonds. The van der Waals surface area contributed by atoms with E-state index in [-0.39, 0.29) is 12.1 Å². The van der Waals surface area contributed by atoms with Crippen LogP contribution in [-0.4, -0.2) is 33.8 Å². The summed E-state index contributed by atoms with van der Waals surface area (Å²) in [5.41, 5.74) is 1.27. The summed E-state index contributed by atoms with van der Waals surface area (Å²) in [4.78, 5) is 15.7. The standard InChI is InChI=1S/C17H24N4OS/c1-3-14(16-5-4-12-23-16)19-17(22)21-10-7-13(8-11-21)15-6-9-18-20(15)2/h4-6,9,12-14H,3,7-8,10-11H2,1-2H3,(H,19,22)/t14-/m0/s1. The highest BCUT2D eigenvalue weighted by Gasteiger charge is 2.26. The van der Waals surface area contributed by atoms with Gasteiger partial charge in [-0.3, -0.25) is 4.68 Å². The fourth-order valence-electron chi connectivity index (χ4n) is 3.27. The predicted molar refractivity (Wildman–Crippen MR) is 92.6 cm³/mol. The van der Waals surface area contributed by atoms with Crippen molar-refractivity contribution in [3.63, 3.8) is 0 Å². The third-order valence-electron chi connectivity index (χ3n) is 4.65. The van der Waals surface area contributed by atoms with Crippen LogP contribution in [0.15, 0.2) is 29.8 Å². The van der Waals surface area contributed by atoms with Crippen molar-refractivity contribution in [1.29, 1.82) is 0 Å². The normalized spacial score (nSPS) is 17.2. The first-order valence-corrected chi connectivity index (χ1v) is 9.13. The summed E-state index contributed by atoms with van der Waals surface area (Å²) in [5.74, 6) is 0.505. The largest absolute Gasteiger partial charge is 0.330 e. The Morgan fingerprint density at radius 3 is 2.78 bits per heavy atom. The van der Waals surface area contributed by atoms with Gasteiger partial charge in [-0.25, -0.2) is 4.79 Å². The zero-order valence-corrected chi connectivity index (χ0v) is 14.6. The SMILES string of the molecule is CC[C@H](NC(=O)N1CCC(c2ccnn2C)CC1)c1cccs1. The molecule has 1 aliphatic heterocycles. The highest BCUT2D eigenvalue weighted by atomic mass is 32.1. The lowest BCUT2D eigenvalue weighted by molar-refractivity contribution is 0.176. The zero-order valence-electron chi connectivity index (χ0n) is 13.7. The molecule has 0 aromatic carbocycles. The maximum absolute atomic E-state index is 12.5. The first kappa shape index (κ1) is 16.1. The average Bonchev–Trinajstić information content (AvgIpc) is 3.24. The number of nitrogens with zero attached hydrogens (tertiary/aromatic N) is 3. The Bertz CT molecular complexity index is 629. The summed E-state index contributed by atoms with van der Waals surface area (Å²) in [6.07, 6.45) is 4.77. The van der Waals surface area contributed by atoms with Gasteiger partial charge in [0.1, 0.15) is 0 Å². The number of hydrogen-bond donors (Lipinski definition) is 1. The van der Waals surface area contributed by atoms with Crippen molar-refractivity contribution in [2.45, 2.75) is 38.1 Å². The number of aryl methyl sites for hydroxylation is 1. The summed E-state index contributed by atoms with van der Waals surface area (Å²) in [5, 5.41) is 9.49. The number of hydrogen-bond acceptors (Lipinski definition) is 3. The van der Waals surface area contributed by atoms with Crippen molar-refractivity contribution in [3.05, 3.63) is 40.3 Å². The average molecular weight is 332 g/mol. The van der Waals surface area contributed by atoms with Gasteiger partial charge >= 0.3 is 6.03 Å². The minimum absolute atomic E-state index is 0.0636. The van der Waals surface area contributed by atoms with Crippen LogP contribution in [0.5, 0.6) is 0 Å². The van der Waals surface area contributed by atoms with Crippen LogP contribution in [0.4, 0.5) is 4.79 Å². The lowest BCUT2D eigenvalue weighted by atomic mass is 9.93. The zero-order chi connectivity index (χ0) is 16.2. The molecule has 1 fully saturated rings. The Hall–Kier alpha value is -1.82. The number of aromatic nitrogens is 2. The topological polar surface area (TPSA) is 50.2 Å². The molecular weight excluding hydrogens is 308 g/mol. The van der Waals surface area contributed by atoms with Crippen LogP contribution in [0.1, 0.15) is 48.7 Å². The lowest BCUT2D eigenvalue weighted by Crippen LogP contribution is -2.45. The van der Waals surface area contributed by atoms with Crippen LogP contribution in [0.25, 0.3) is 0 Å². The third kappa shape index (κ3) is 3.58. The van der Waals surface area contributed by atoms with Crippen LogP contribution >= 0.6 is 11.3 Å². The number of carbonyl (C=O) groups excluding carboxylic acids is 1. The van der Waals surface area contributed by atoms with Gasteiger partial charge in [-0.15, -0.1) is 11.3 Å². The lowest BCUT2D eigenvalue weighted by Gasteiger charge is -2.33. The van der Waals surface area contributed by atoms with E-state index in [1.807, 2.05) is 28.9 Å². The first-order chi connectivity index (χ1) is 11.2. The van der Waals surface area contributed by atoms with E-state index in [0.717, 1.165) is 32.4 Å². The summed E-state index contributed by atoms with van der Waals surface area (Å²) < 4.78 is 1.95. The number of carbonyl (C=O) groups is 1. The van der Waals surface area contributed by atoms with Gasteiger partial charge in [0, 0.05) is 42.8 Å². The van der Waals surface area contributed by atoms with Crippen molar-refractivity contribution < 1.29 is 4.79 Å². The molecule has 124 valence electrons. The third-order valence-corrected chi connectivity index (χ3v) is 5.64. The number of amides is 2. The molecule has 5 nitrogen and oxygen atoms in total. The van der Waals surface area contributed by atoms with Crippen LogP contribution < -0.4 is 5.32 Å². The van der Waals surface area contributed by atoms with Crippen LogP contribution in [-0.2, 0) is 7.05 Å². The molecule has 2 aromatic heterocycles. The van der Waals surface area contributed by atoms with Crippen LogP contribution in [0, 0.1) is 0 Å². The molecular formula is C17H24N4OS. The van der Waals surface area contributed by atoms with Gasteiger partial charge in [-0.05, 0) is 36.8 Å². The minimum Gasteiger partial charge on any atom is -0.330 e. The first-order valence-electron chi connectivity index (χ1n) is 8.25. The quantitative estimate of drug-likeness (QED) is 0.931. The van der Waals surface area contributed by atoms with E-state index in [9.17, 15) is 4.79 Å². The Morgan fingerprint density at radius 2 is 2.22 bits per heavy atom. The number of thiophene rings is 1. The molecule has 6 heteroatoms. The molecule has 0 unspecified atom stereocenters. The van der Waals surface area contributed by atoms with Gasteiger partial charge in [-0.2, -0.15) is 5.10 Å². The predicted octanol–water partition coefficient (Wildman–Crippen LogP) is 3.52. The number of rotatable bonds is 4. The van der Waals surface area contributed by atoms with Crippen molar-refractivity contribution in [3.8, 4) is 0 Å². The van der Waals surface area contributed by atoms with E-state index >= 15 is 0 Å². The Labute approximate surface area is 141 Å². The maximum Gasteiger partial charge on any atom is 0.317 e. The van der Waals surface area contributed by atoms with Crippen LogP contribution in [0.3, 0.4) is 0 Å². The highest BCUT2D eigenvalue weighted by Crippen LogP contribution is 2.28. The van der Waals surface area contributed by atoms with Crippen molar-refractivity contribution in [1.82, 2.24) is 20.0 Å². The summed E-state index contributed by atoms with van der Waals surface area (Å²) in [6.45, 7) is 3.73. The van der Waals surface area contributed by atoms with Crippen molar-refractivity contribution >= 4 is 17.4 Å². The fraction of sp³-hybridized carbons (Fsp3) is 0.529. The summed E-state index contributed by atoms with van der Waals surface area (Å²) >= 11 is 1.70. The van der Waals surface area contributed by atoms with E-state index in [2.05, 4.69) is 34.9 Å². The molecule has 23 heavy (non-hydrogen) atoms. The number of urea groups is 1. The Kier molecular flexibility index (Phi) is 5.00. The molecule has 0 spiro atoms. The van der Waals surface area contributed by atoms with Gasteiger partial charge in [0.15, 0.2) is 0 Å². The molecule has 3 rings (SSSR count). The molecule has 2 aromatic rings. The van der Waals surface area contributed by atoms with Crippen molar-refractivity contribution in [2.75, 3.05) is 13.1 Å². The van der Waals surface area contributed by atoms with E-state index in [1.165, 1.54) is 10.6 Å². The Balaban J connectivity index is 1.55. The molecule has 1 atom stereocenters. The molecule has 3 heterocycles. The number of piperidine rings is 1. The number of likely N-dealkylation sites (tertiary alicyclic amines) is 1. The van der Waals surface area contributed by atoms with E-state index in [4.69, 9.17) is 0 Å². The van der Waals surface area contributed by atoms with Gasteiger partial charge < -0.3 is 10.2 Å². The van der Waals surface area contributed by atoms with Gasteiger partial charge in [0.2, 0.25) is 0 Å². The maximum atomic E-state index is 12.5. The second-order valence-electron chi connectivity index (χ2n) is 6.07. The molecule has 0 aliphatic carbocycles. The molecule has 1 saturated heterocycles. The fourth-order valence-corrected chi connectivity index (χ4v) is 4.13. The number of nitrogens with one attached hydrogen (secondary N) is 1. The van der Waals surface area contributed by atoms with Gasteiger partial charge in [0.05, 0.1) is 6.04 Å². The molecule has 1 aliphatic rings. The molecule has 0 radical (unpaired) electrons. The highest BCUT2D eigenvalue weighted by molar-refractivity contribution is 7.10. The van der Waals surface area contributed by atoms with Crippen molar-refractivity contribution in [2.24, 2.45) is 7.05 Å². The summed E-state index contributed by atoms with van der Waals surface area (Å²) in [7, 11) is 1.99. The van der Waals surface area contributed by atoms with Crippen LogP contribution in [0.2, 0.25) is 0 Å². The molecule has 1 N–H and O–H groups in total. The smallest absolute Gasteiger partial charge is 0.317 e. The van der Waals surface area contributed by atoms with Gasteiger partial charge in [0.25, 0.3) is 0 Å². The molecule has 0 bridgehead atoms. The minimum atomic E-state index is 0.0636. The summed E-state index contributed by atoms with van der Waals surface area (Å²) in [6, 6.07) is 6.40. The Morgan fingerprint density at radius 1 is 1.43 bits per heavy atom. The van der Waals surface area contributed by atoms with Gasteiger partial charge in [-0.1, -0.05) is 13.0 Å². The van der Waals surface area contributed by atoms with E-state index in [1.54, 1.807) is 11.3 Å². The molecule has 0 saturated carbocycles. The van der Waals surface area contributed by atoms with E-state index < -0.39 is 0 Å². The monoisotopic (exact) mass is 332 g/mol.